The lowest BCUT2D eigenvalue weighted by Gasteiger charge is -2.18. The van der Waals surface area contributed by atoms with Gasteiger partial charge in [0, 0.05) is 24.2 Å². The van der Waals surface area contributed by atoms with E-state index in [1.54, 1.807) is 11.3 Å². The SMILES string of the molecule is CC(N)c1ccc(N(C)Cc2cscn2)cc1. The maximum atomic E-state index is 5.83. The molecule has 2 N–H and O–H groups in total. The molecule has 17 heavy (non-hydrogen) atoms. The number of anilines is 1. The summed E-state index contributed by atoms with van der Waals surface area (Å²) in [6.45, 7) is 2.83. The second-order valence-electron chi connectivity index (χ2n) is 4.22. The minimum absolute atomic E-state index is 0.0906. The van der Waals surface area contributed by atoms with Gasteiger partial charge in [-0.05, 0) is 24.6 Å². The van der Waals surface area contributed by atoms with E-state index in [4.69, 9.17) is 5.73 Å². The van der Waals surface area contributed by atoms with Crippen LogP contribution in [0.15, 0.2) is 35.2 Å². The van der Waals surface area contributed by atoms with Crippen molar-refractivity contribution in [2.45, 2.75) is 19.5 Å². The lowest BCUT2D eigenvalue weighted by Crippen LogP contribution is -2.16. The number of benzene rings is 1. The van der Waals surface area contributed by atoms with Gasteiger partial charge in [-0.3, -0.25) is 0 Å². The number of nitrogens with two attached hydrogens (primary N) is 1. The third-order valence-electron chi connectivity index (χ3n) is 2.74. The standard InChI is InChI=1S/C13H17N3S/c1-10(14)11-3-5-13(6-4-11)16(2)7-12-8-17-9-15-12/h3-6,8-10H,7,14H2,1-2H3. The van der Waals surface area contributed by atoms with Crippen molar-refractivity contribution in [2.24, 2.45) is 5.73 Å². The zero-order valence-corrected chi connectivity index (χ0v) is 10.9. The lowest BCUT2D eigenvalue weighted by molar-refractivity contribution is 0.816. The number of thiazole rings is 1. The van der Waals surface area contributed by atoms with E-state index in [-0.39, 0.29) is 6.04 Å². The Kier molecular flexibility index (Phi) is 3.76. The molecule has 3 nitrogen and oxygen atoms in total. The molecule has 0 fully saturated rings. The molecule has 1 atom stereocenters. The summed E-state index contributed by atoms with van der Waals surface area (Å²) < 4.78 is 0. The predicted octanol–water partition coefficient (Wildman–Crippen LogP) is 2.80. The van der Waals surface area contributed by atoms with Crippen LogP contribution in [-0.2, 0) is 6.54 Å². The van der Waals surface area contributed by atoms with Gasteiger partial charge >= 0.3 is 0 Å². The van der Waals surface area contributed by atoms with Crippen LogP contribution in [-0.4, -0.2) is 12.0 Å². The molecule has 0 aliphatic heterocycles. The minimum Gasteiger partial charge on any atom is -0.369 e. The number of hydrogen-bond donors (Lipinski definition) is 1. The van der Waals surface area contributed by atoms with E-state index >= 15 is 0 Å². The first kappa shape index (κ1) is 12.1. The molecule has 0 saturated heterocycles. The van der Waals surface area contributed by atoms with Crippen LogP contribution >= 0.6 is 11.3 Å². The summed E-state index contributed by atoms with van der Waals surface area (Å²) in [5, 5.41) is 2.08. The topological polar surface area (TPSA) is 42.1 Å². The monoisotopic (exact) mass is 247 g/mol. The van der Waals surface area contributed by atoms with E-state index in [0.717, 1.165) is 17.8 Å². The van der Waals surface area contributed by atoms with Crippen LogP contribution in [0.25, 0.3) is 0 Å². The Bertz CT molecular complexity index is 448. The van der Waals surface area contributed by atoms with E-state index in [2.05, 4.69) is 46.6 Å². The highest BCUT2D eigenvalue weighted by Crippen LogP contribution is 2.18. The maximum Gasteiger partial charge on any atom is 0.0795 e. The molecule has 1 aromatic carbocycles. The van der Waals surface area contributed by atoms with Crippen LogP contribution in [0.4, 0.5) is 5.69 Å². The normalized spacial score (nSPS) is 12.4. The van der Waals surface area contributed by atoms with Crippen molar-refractivity contribution >= 4 is 17.0 Å². The highest BCUT2D eigenvalue weighted by atomic mass is 32.1. The Labute approximate surface area is 106 Å². The Morgan fingerprint density at radius 3 is 2.59 bits per heavy atom. The van der Waals surface area contributed by atoms with Crippen LogP contribution in [0.5, 0.6) is 0 Å². The molecule has 0 aliphatic carbocycles. The molecule has 2 rings (SSSR count). The van der Waals surface area contributed by atoms with Gasteiger partial charge in [-0.1, -0.05) is 12.1 Å². The van der Waals surface area contributed by atoms with E-state index in [0.29, 0.717) is 0 Å². The fraction of sp³-hybridized carbons (Fsp3) is 0.308. The summed E-state index contributed by atoms with van der Waals surface area (Å²) in [6.07, 6.45) is 0. The summed E-state index contributed by atoms with van der Waals surface area (Å²) in [4.78, 5) is 6.46. The van der Waals surface area contributed by atoms with Gasteiger partial charge in [0.15, 0.2) is 0 Å². The third-order valence-corrected chi connectivity index (χ3v) is 3.38. The summed E-state index contributed by atoms with van der Waals surface area (Å²) in [5.41, 5.74) is 11.1. The van der Waals surface area contributed by atoms with Gasteiger partial charge in [0.05, 0.1) is 17.7 Å². The van der Waals surface area contributed by atoms with Crippen LogP contribution in [0.1, 0.15) is 24.2 Å². The summed E-state index contributed by atoms with van der Waals surface area (Å²) >= 11 is 1.63. The largest absolute Gasteiger partial charge is 0.369 e. The molecular weight excluding hydrogens is 230 g/mol. The zero-order chi connectivity index (χ0) is 12.3. The zero-order valence-electron chi connectivity index (χ0n) is 10.1. The van der Waals surface area contributed by atoms with Gasteiger partial charge in [0.2, 0.25) is 0 Å². The Morgan fingerprint density at radius 1 is 1.35 bits per heavy atom. The van der Waals surface area contributed by atoms with Crippen molar-refractivity contribution < 1.29 is 0 Å². The second kappa shape index (κ2) is 5.29. The van der Waals surface area contributed by atoms with E-state index in [9.17, 15) is 0 Å². The van der Waals surface area contributed by atoms with Gasteiger partial charge < -0.3 is 10.6 Å². The predicted molar refractivity (Wildman–Crippen MR) is 73.3 cm³/mol. The lowest BCUT2D eigenvalue weighted by atomic mass is 10.1. The van der Waals surface area contributed by atoms with Crippen molar-refractivity contribution in [1.29, 1.82) is 0 Å². The van der Waals surface area contributed by atoms with Crippen LogP contribution in [0.2, 0.25) is 0 Å². The van der Waals surface area contributed by atoms with Crippen LogP contribution in [0, 0.1) is 0 Å². The van der Waals surface area contributed by atoms with Crippen LogP contribution in [0.3, 0.4) is 0 Å². The molecular formula is C13H17N3S. The fourth-order valence-electron chi connectivity index (χ4n) is 1.68. The molecule has 1 unspecified atom stereocenters. The molecule has 0 saturated carbocycles. The number of rotatable bonds is 4. The number of hydrogen-bond acceptors (Lipinski definition) is 4. The van der Waals surface area contributed by atoms with Gasteiger partial charge in [-0.2, -0.15) is 0 Å². The average molecular weight is 247 g/mol. The van der Waals surface area contributed by atoms with Gasteiger partial charge in [-0.25, -0.2) is 4.98 Å². The van der Waals surface area contributed by atoms with Crippen LogP contribution < -0.4 is 10.6 Å². The quantitative estimate of drug-likeness (QED) is 0.903. The van der Waals surface area contributed by atoms with Crippen molar-refractivity contribution in [3.05, 3.63) is 46.4 Å². The summed E-state index contributed by atoms with van der Waals surface area (Å²) in [6, 6.07) is 8.46. The van der Waals surface area contributed by atoms with Gasteiger partial charge in [0.25, 0.3) is 0 Å². The van der Waals surface area contributed by atoms with E-state index < -0.39 is 0 Å². The molecule has 1 aromatic heterocycles. The highest BCUT2D eigenvalue weighted by molar-refractivity contribution is 7.07. The third kappa shape index (κ3) is 3.05. The molecule has 0 radical (unpaired) electrons. The van der Waals surface area contributed by atoms with Crippen molar-refractivity contribution in [3.8, 4) is 0 Å². The Balaban J connectivity index is 2.06. The molecule has 1 heterocycles. The molecule has 2 aromatic rings. The Hall–Kier alpha value is -1.39. The molecule has 4 heteroatoms. The Morgan fingerprint density at radius 2 is 2.06 bits per heavy atom. The van der Waals surface area contributed by atoms with Crippen molar-refractivity contribution in [2.75, 3.05) is 11.9 Å². The van der Waals surface area contributed by atoms with E-state index in [1.807, 2.05) is 12.4 Å². The van der Waals surface area contributed by atoms with E-state index in [1.165, 1.54) is 5.69 Å². The van der Waals surface area contributed by atoms with Crippen molar-refractivity contribution in [1.82, 2.24) is 4.98 Å². The number of nitrogens with zero attached hydrogens (tertiary/aromatic N) is 2. The molecule has 0 aliphatic rings. The molecule has 0 spiro atoms. The second-order valence-corrected chi connectivity index (χ2v) is 4.93. The van der Waals surface area contributed by atoms with Gasteiger partial charge in [0.1, 0.15) is 0 Å². The number of aromatic nitrogens is 1. The first-order valence-corrected chi connectivity index (χ1v) is 6.55. The smallest absolute Gasteiger partial charge is 0.0795 e. The average Bonchev–Trinajstić information content (AvgIpc) is 2.82. The molecule has 0 bridgehead atoms. The highest BCUT2D eigenvalue weighted by Gasteiger charge is 2.04. The first-order valence-electron chi connectivity index (χ1n) is 5.60. The summed E-state index contributed by atoms with van der Waals surface area (Å²) in [7, 11) is 2.07. The first-order chi connectivity index (χ1) is 8.16. The minimum atomic E-state index is 0.0906. The van der Waals surface area contributed by atoms with Gasteiger partial charge in [-0.15, -0.1) is 11.3 Å². The summed E-state index contributed by atoms with van der Waals surface area (Å²) in [5.74, 6) is 0. The fourth-order valence-corrected chi connectivity index (χ4v) is 2.23. The molecule has 0 amide bonds. The van der Waals surface area contributed by atoms with Crippen molar-refractivity contribution in [3.63, 3.8) is 0 Å². The maximum absolute atomic E-state index is 5.83. The molecule has 90 valence electrons.